The molecular weight excluding hydrogens is 132 g/mol. The highest BCUT2D eigenvalue weighted by Crippen LogP contribution is 1.91. The monoisotopic (exact) mass is 144 g/mol. The summed E-state index contributed by atoms with van der Waals surface area (Å²) in [7, 11) is -0.789. The molecule has 0 amide bonds. The molecule has 0 aliphatic heterocycles. The lowest BCUT2D eigenvalue weighted by Gasteiger charge is -1.85. The van der Waals surface area contributed by atoms with Gasteiger partial charge >= 0.3 is 0 Å². The second-order valence-corrected chi connectivity index (χ2v) is 3.43. The summed E-state index contributed by atoms with van der Waals surface area (Å²) in [6.07, 6.45) is 1.78. The van der Waals surface area contributed by atoms with Gasteiger partial charge < -0.3 is 0 Å². The fourth-order valence-electron chi connectivity index (χ4n) is 0.288. The van der Waals surface area contributed by atoms with E-state index in [0.717, 1.165) is 5.57 Å². The van der Waals surface area contributed by atoms with Crippen molar-refractivity contribution < 1.29 is 4.21 Å². The van der Waals surface area contributed by atoms with E-state index in [2.05, 4.69) is 6.58 Å². The average Bonchev–Trinajstić information content (AvgIpc) is 1.83. The van der Waals surface area contributed by atoms with Gasteiger partial charge in [0, 0.05) is 22.0 Å². The number of hydrogen-bond donors (Lipinski definition) is 0. The van der Waals surface area contributed by atoms with E-state index in [1.54, 1.807) is 11.5 Å². The fourth-order valence-corrected chi connectivity index (χ4v) is 0.865. The Hall–Kier alpha value is -0.370. The van der Waals surface area contributed by atoms with Crippen molar-refractivity contribution in [1.82, 2.24) is 0 Å². The minimum absolute atomic E-state index is 0.684. The number of rotatable bonds is 3. The molecule has 1 nitrogen and oxygen atoms in total. The van der Waals surface area contributed by atoms with Gasteiger partial charge in [-0.2, -0.15) is 0 Å². The van der Waals surface area contributed by atoms with Crippen LogP contribution in [0.5, 0.6) is 0 Å². The molecule has 0 saturated carbocycles. The van der Waals surface area contributed by atoms with Crippen molar-refractivity contribution in [3.8, 4) is 0 Å². The Morgan fingerprint density at radius 2 is 2.33 bits per heavy atom. The lowest BCUT2D eigenvalue weighted by atomic mass is 10.4. The predicted molar refractivity (Wildman–Crippen MR) is 42.6 cm³/mol. The highest BCUT2D eigenvalue weighted by atomic mass is 32.2. The molecule has 0 N–H and O–H groups in total. The lowest BCUT2D eigenvalue weighted by Crippen LogP contribution is -1.84. The summed E-state index contributed by atoms with van der Waals surface area (Å²) in [5.74, 6) is 0.684. The van der Waals surface area contributed by atoms with Crippen LogP contribution in [0.4, 0.5) is 0 Å². The molecular formula is C7H12OS. The molecule has 0 aromatic heterocycles. The summed E-state index contributed by atoms with van der Waals surface area (Å²) in [5.41, 5.74) is 0.941. The summed E-state index contributed by atoms with van der Waals surface area (Å²) >= 11 is 0. The van der Waals surface area contributed by atoms with Crippen LogP contribution in [-0.4, -0.2) is 9.96 Å². The van der Waals surface area contributed by atoms with Gasteiger partial charge in [-0.15, -0.1) is 0 Å². The normalized spacial score (nSPS) is 14.0. The fraction of sp³-hybridized carbons (Fsp3) is 0.429. The predicted octanol–water partition coefficient (Wildman–Crippen LogP) is 1.84. The molecule has 1 unspecified atom stereocenters. The third-order valence-corrected chi connectivity index (χ3v) is 1.80. The van der Waals surface area contributed by atoms with Crippen LogP contribution in [0.15, 0.2) is 23.6 Å². The average molecular weight is 144 g/mol. The standard InChI is InChI=1S/C7H12OS/c1-4-9(8)6-5-7(2)3/h5-6H,2,4H2,1,3H3/b6-5-. The van der Waals surface area contributed by atoms with Gasteiger partial charge in [0.2, 0.25) is 0 Å². The van der Waals surface area contributed by atoms with Crippen LogP contribution in [0.2, 0.25) is 0 Å². The highest BCUT2D eigenvalue weighted by Gasteiger charge is 1.84. The lowest BCUT2D eigenvalue weighted by molar-refractivity contribution is 0.689. The molecule has 0 aliphatic rings. The summed E-state index contributed by atoms with van der Waals surface area (Å²) in [6.45, 7) is 7.41. The van der Waals surface area contributed by atoms with Crippen molar-refractivity contribution in [2.75, 3.05) is 5.75 Å². The topological polar surface area (TPSA) is 17.1 Å². The minimum Gasteiger partial charge on any atom is -0.255 e. The van der Waals surface area contributed by atoms with Crippen LogP contribution in [0.1, 0.15) is 13.8 Å². The first-order chi connectivity index (χ1) is 4.16. The van der Waals surface area contributed by atoms with Crippen LogP contribution < -0.4 is 0 Å². The zero-order valence-corrected chi connectivity index (χ0v) is 6.70. The van der Waals surface area contributed by atoms with Crippen molar-refractivity contribution in [3.05, 3.63) is 23.6 Å². The quantitative estimate of drug-likeness (QED) is 0.552. The Kier molecular flexibility index (Phi) is 4.32. The van der Waals surface area contributed by atoms with E-state index in [0.29, 0.717) is 5.75 Å². The maximum Gasteiger partial charge on any atom is 0.0453 e. The third kappa shape index (κ3) is 5.50. The minimum atomic E-state index is -0.789. The van der Waals surface area contributed by atoms with Crippen LogP contribution in [0.25, 0.3) is 0 Å². The smallest absolute Gasteiger partial charge is 0.0453 e. The zero-order valence-electron chi connectivity index (χ0n) is 5.89. The van der Waals surface area contributed by atoms with Crippen molar-refractivity contribution in [1.29, 1.82) is 0 Å². The van der Waals surface area contributed by atoms with Crippen LogP contribution in [0, 0.1) is 0 Å². The molecule has 0 aromatic rings. The molecule has 0 bridgehead atoms. The Morgan fingerprint density at radius 3 is 2.67 bits per heavy atom. The van der Waals surface area contributed by atoms with Crippen LogP contribution in [0.3, 0.4) is 0 Å². The summed E-state index contributed by atoms with van der Waals surface area (Å²) < 4.78 is 10.7. The molecule has 0 radical (unpaired) electrons. The number of allylic oxidation sites excluding steroid dienone is 2. The van der Waals surface area contributed by atoms with E-state index < -0.39 is 10.8 Å². The molecule has 9 heavy (non-hydrogen) atoms. The molecule has 52 valence electrons. The Morgan fingerprint density at radius 1 is 1.78 bits per heavy atom. The number of hydrogen-bond acceptors (Lipinski definition) is 1. The van der Waals surface area contributed by atoms with Gasteiger partial charge in [0.15, 0.2) is 0 Å². The van der Waals surface area contributed by atoms with Gasteiger partial charge in [-0.25, -0.2) is 0 Å². The first kappa shape index (κ1) is 8.63. The molecule has 1 atom stereocenters. The van der Waals surface area contributed by atoms with Gasteiger partial charge in [0.25, 0.3) is 0 Å². The van der Waals surface area contributed by atoms with Crippen molar-refractivity contribution in [2.24, 2.45) is 0 Å². The molecule has 0 aliphatic carbocycles. The SMILES string of the molecule is C=C(C)/C=C\S(=O)CC. The molecule has 0 fully saturated rings. The molecule has 2 heteroatoms. The van der Waals surface area contributed by atoms with Crippen LogP contribution in [-0.2, 0) is 10.8 Å². The van der Waals surface area contributed by atoms with E-state index in [4.69, 9.17) is 0 Å². The summed E-state index contributed by atoms with van der Waals surface area (Å²) in [5, 5.41) is 1.67. The van der Waals surface area contributed by atoms with Gasteiger partial charge in [0.05, 0.1) is 0 Å². The van der Waals surface area contributed by atoms with E-state index in [-0.39, 0.29) is 0 Å². The highest BCUT2D eigenvalue weighted by molar-refractivity contribution is 7.87. The molecule has 0 heterocycles. The van der Waals surface area contributed by atoms with Crippen molar-refractivity contribution >= 4 is 10.8 Å². The van der Waals surface area contributed by atoms with Crippen molar-refractivity contribution in [2.45, 2.75) is 13.8 Å². The molecule has 0 aromatic carbocycles. The second-order valence-electron chi connectivity index (χ2n) is 1.82. The summed E-state index contributed by atoms with van der Waals surface area (Å²) in [6, 6.07) is 0. The Bertz CT molecular complexity index is 147. The Labute approximate surface area is 58.9 Å². The van der Waals surface area contributed by atoms with E-state index in [1.807, 2.05) is 13.8 Å². The Balaban J connectivity index is 3.71. The van der Waals surface area contributed by atoms with E-state index >= 15 is 0 Å². The maximum absolute atomic E-state index is 10.7. The second kappa shape index (κ2) is 4.50. The first-order valence-corrected chi connectivity index (χ1v) is 4.26. The van der Waals surface area contributed by atoms with Crippen LogP contribution >= 0.6 is 0 Å². The van der Waals surface area contributed by atoms with Crippen molar-refractivity contribution in [3.63, 3.8) is 0 Å². The van der Waals surface area contributed by atoms with E-state index in [9.17, 15) is 4.21 Å². The molecule has 0 spiro atoms. The largest absolute Gasteiger partial charge is 0.255 e. The van der Waals surface area contributed by atoms with Gasteiger partial charge in [-0.3, -0.25) is 4.21 Å². The van der Waals surface area contributed by atoms with Gasteiger partial charge in [-0.05, 0) is 6.92 Å². The van der Waals surface area contributed by atoms with Gasteiger partial charge in [0.1, 0.15) is 0 Å². The summed E-state index contributed by atoms with van der Waals surface area (Å²) in [4.78, 5) is 0. The molecule has 0 saturated heterocycles. The maximum atomic E-state index is 10.7. The molecule has 0 rings (SSSR count). The zero-order chi connectivity index (χ0) is 7.28. The third-order valence-electron chi connectivity index (χ3n) is 0.789. The first-order valence-electron chi connectivity index (χ1n) is 2.87. The van der Waals surface area contributed by atoms with E-state index in [1.165, 1.54) is 0 Å². The van der Waals surface area contributed by atoms with Gasteiger partial charge in [-0.1, -0.05) is 25.2 Å².